The largest absolute Gasteiger partial charge is 0.310 e. The number of halogens is 2. The van der Waals surface area contributed by atoms with Crippen LogP contribution in [0.1, 0.15) is 5.56 Å². The van der Waals surface area contributed by atoms with Gasteiger partial charge in [0.15, 0.2) is 0 Å². The average molecular weight is 232 g/mol. The minimum atomic E-state index is -0.312. The molecule has 3 heteroatoms. The Morgan fingerprint density at radius 1 is 1.42 bits per heavy atom. The van der Waals surface area contributed by atoms with Crippen molar-refractivity contribution < 1.29 is 4.39 Å². The van der Waals surface area contributed by atoms with Crippen LogP contribution in [-0.2, 0) is 6.54 Å². The molecule has 0 fully saturated rings. The molecule has 0 spiro atoms. The van der Waals surface area contributed by atoms with Gasteiger partial charge in [-0.15, -0.1) is 0 Å². The Morgan fingerprint density at radius 2 is 2.25 bits per heavy atom. The molecule has 12 heavy (non-hydrogen) atoms. The van der Waals surface area contributed by atoms with Crippen LogP contribution in [0.2, 0.25) is 0 Å². The van der Waals surface area contributed by atoms with E-state index in [9.17, 15) is 4.39 Å². The summed E-state index contributed by atoms with van der Waals surface area (Å²) in [6, 6.07) is 7.97. The maximum atomic E-state index is 11.7. The number of hydrogen-bond donors (Lipinski definition) is 1. The second-order valence-corrected chi connectivity index (χ2v) is 3.41. The van der Waals surface area contributed by atoms with Crippen LogP contribution in [0.3, 0.4) is 0 Å². The van der Waals surface area contributed by atoms with Gasteiger partial charge in [-0.25, -0.2) is 4.39 Å². The van der Waals surface area contributed by atoms with Gasteiger partial charge in [0.1, 0.15) is 6.67 Å². The van der Waals surface area contributed by atoms with Crippen molar-refractivity contribution in [2.75, 3.05) is 13.2 Å². The molecule has 0 saturated carbocycles. The van der Waals surface area contributed by atoms with E-state index in [1.54, 1.807) is 0 Å². The first-order valence-electron chi connectivity index (χ1n) is 3.84. The quantitative estimate of drug-likeness (QED) is 0.786. The number of alkyl halides is 1. The molecule has 0 radical (unpaired) electrons. The lowest BCUT2D eigenvalue weighted by Crippen LogP contribution is -2.15. The fourth-order valence-corrected chi connectivity index (χ4v) is 1.39. The maximum Gasteiger partial charge on any atom is 0.102 e. The summed E-state index contributed by atoms with van der Waals surface area (Å²) in [4.78, 5) is 0. The van der Waals surface area contributed by atoms with E-state index in [4.69, 9.17) is 0 Å². The van der Waals surface area contributed by atoms with Crippen LogP contribution in [0.15, 0.2) is 28.7 Å². The summed E-state index contributed by atoms with van der Waals surface area (Å²) in [5, 5.41) is 2.98. The first-order valence-corrected chi connectivity index (χ1v) is 4.63. The van der Waals surface area contributed by atoms with E-state index in [2.05, 4.69) is 21.2 Å². The Kier molecular flexibility index (Phi) is 4.25. The molecule has 0 amide bonds. The summed E-state index contributed by atoms with van der Waals surface area (Å²) in [5.74, 6) is 0. The zero-order valence-corrected chi connectivity index (χ0v) is 8.27. The Hall–Kier alpha value is -0.410. The molecule has 0 aliphatic heterocycles. The molecule has 1 aromatic rings. The minimum absolute atomic E-state index is 0.312. The van der Waals surface area contributed by atoms with Crippen LogP contribution in [0.5, 0.6) is 0 Å². The van der Waals surface area contributed by atoms with E-state index < -0.39 is 0 Å². The summed E-state index contributed by atoms with van der Waals surface area (Å²) in [5.41, 5.74) is 1.16. The molecule has 0 atom stereocenters. The number of nitrogens with one attached hydrogen (secondary N) is 1. The highest BCUT2D eigenvalue weighted by atomic mass is 79.9. The van der Waals surface area contributed by atoms with Gasteiger partial charge in [0.05, 0.1) is 0 Å². The second-order valence-electron chi connectivity index (χ2n) is 2.50. The summed E-state index contributed by atoms with van der Waals surface area (Å²) >= 11 is 3.37. The highest BCUT2D eigenvalue weighted by Crippen LogP contribution is 2.10. The molecule has 0 aromatic heterocycles. The van der Waals surface area contributed by atoms with Gasteiger partial charge in [-0.1, -0.05) is 28.1 Å². The Morgan fingerprint density at radius 3 is 2.92 bits per heavy atom. The normalized spacial score (nSPS) is 10.2. The van der Waals surface area contributed by atoms with Crippen LogP contribution < -0.4 is 5.32 Å². The SMILES string of the molecule is FCCNCc1cccc(Br)c1. The topological polar surface area (TPSA) is 12.0 Å². The minimum Gasteiger partial charge on any atom is -0.310 e. The lowest BCUT2D eigenvalue weighted by Gasteiger charge is -2.02. The van der Waals surface area contributed by atoms with Gasteiger partial charge in [-0.05, 0) is 17.7 Å². The third-order valence-electron chi connectivity index (χ3n) is 1.49. The first kappa shape index (κ1) is 9.68. The van der Waals surface area contributed by atoms with Crippen LogP contribution in [0.25, 0.3) is 0 Å². The first-order chi connectivity index (χ1) is 5.83. The van der Waals surface area contributed by atoms with Gasteiger partial charge in [-0.3, -0.25) is 0 Å². The molecule has 0 aliphatic carbocycles. The van der Waals surface area contributed by atoms with Crippen molar-refractivity contribution >= 4 is 15.9 Å². The lowest BCUT2D eigenvalue weighted by atomic mass is 10.2. The van der Waals surface area contributed by atoms with Gasteiger partial charge in [0.2, 0.25) is 0 Å². The van der Waals surface area contributed by atoms with E-state index in [0.717, 1.165) is 16.6 Å². The van der Waals surface area contributed by atoms with E-state index >= 15 is 0 Å². The van der Waals surface area contributed by atoms with Crippen molar-refractivity contribution in [2.24, 2.45) is 0 Å². The fourth-order valence-electron chi connectivity index (χ4n) is 0.946. The van der Waals surface area contributed by atoms with Crippen LogP contribution in [-0.4, -0.2) is 13.2 Å². The van der Waals surface area contributed by atoms with Gasteiger partial charge in [-0.2, -0.15) is 0 Å². The van der Waals surface area contributed by atoms with Crippen LogP contribution in [0, 0.1) is 0 Å². The molecule has 0 unspecified atom stereocenters. The monoisotopic (exact) mass is 231 g/mol. The number of hydrogen-bond acceptors (Lipinski definition) is 1. The predicted molar refractivity (Wildman–Crippen MR) is 51.8 cm³/mol. The summed E-state index contributed by atoms with van der Waals surface area (Å²) in [7, 11) is 0. The van der Waals surface area contributed by atoms with Crippen molar-refractivity contribution in [1.29, 1.82) is 0 Å². The molecule has 0 bridgehead atoms. The van der Waals surface area contributed by atoms with Crippen LogP contribution in [0.4, 0.5) is 4.39 Å². The second kappa shape index (κ2) is 5.27. The highest BCUT2D eigenvalue weighted by molar-refractivity contribution is 9.10. The standard InChI is InChI=1S/C9H11BrFN/c10-9-3-1-2-8(6-9)7-12-5-4-11/h1-3,6,12H,4-5,7H2. The van der Waals surface area contributed by atoms with Gasteiger partial charge >= 0.3 is 0 Å². The van der Waals surface area contributed by atoms with Gasteiger partial charge in [0, 0.05) is 17.6 Å². The fraction of sp³-hybridized carbons (Fsp3) is 0.333. The zero-order chi connectivity index (χ0) is 8.81. The molecular weight excluding hydrogens is 221 g/mol. The molecule has 0 heterocycles. The summed E-state index contributed by atoms with van der Waals surface area (Å²) in [6.07, 6.45) is 0. The lowest BCUT2D eigenvalue weighted by molar-refractivity contribution is 0.467. The van der Waals surface area contributed by atoms with Crippen molar-refractivity contribution in [3.8, 4) is 0 Å². The van der Waals surface area contributed by atoms with Gasteiger partial charge < -0.3 is 5.32 Å². The molecule has 1 aromatic carbocycles. The predicted octanol–water partition coefficient (Wildman–Crippen LogP) is 2.51. The Bertz CT molecular complexity index is 240. The molecule has 0 aliphatic rings. The smallest absolute Gasteiger partial charge is 0.102 e. The molecule has 1 rings (SSSR count). The molecule has 1 N–H and O–H groups in total. The zero-order valence-electron chi connectivity index (χ0n) is 6.69. The molecule has 0 saturated heterocycles. The highest BCUT2D eigenvalue weighted by Gasteiger charge is 1.92. The molecule has 66 valence electrons. The van der Waals surface area contributed by atoms with E-state index in [0.29, 0.717) is 6.54 Å². The number of rotatable bonds is 4. The molecule has 1 nitrogen and oxygen atoms in total. The summed E-state index contributed by atoms with van der Waals surface area (Å²) in [6.45, 7) is 0.837. The van der Waals surface area contributed by atoms with Crippen molar-refractivity contribution in [3.05, 3.63) is 34.3 Å². The third kappa shape index (κ3) is 3.32. The maximum absolute atomic E-state index is 11.7. The van der Waals surface area contributed by atoms with Crippen molar-refractivity contribution in [1.82, 2.24) is 5.32 Å². The molecular formula is C9H11BrFN. The van der Waals surface area contributed by atoms with Crippen molar-refractivity contribution in [3.63, 3.8) is 0 Å². The Labute approximate surface area is 80.1 Å². The van der Waals surface area contributed by atoms with E-state index in [1.807, 2.05) is 24.3 Å². The van der Waals surface area contributed by atoms with E-state index in [-0.39, 0.29) is 6.67 Å². The third-order valence-corrected chi connectivity index (χ3v) is 1.98. The van der Waals surface area contributed by atoms with Crippen LogP contribution >= 0.6 is 15.9 Å². The van der Waals surface area contributed by atoms with Crippen molar-refractivity contribution in [2.45, 2.75) is 6.54 Å². The summed E-state index contributed by atoms with van der Waals surface area (Å²) < 4.78 is 12.8. The number of benzene rings is 1. The average Bonchev–Trinajstić information content (AvgIpc) is 2.05. The van der Waals surface area contributed by atoms with E-state index in [1.165, 1.54) is 0 Å². The van der Waals surface area contributed by atoms with Gasteiger partial charge in [0.25, 0.3) is 0 Å². The Balaban J connectivity index is 2.41.